The number of amides is 16. The first-order chi connectivity index (χ1) is 60.0. The van der Waals surface area contributed by atoms with Gasteiger partial charge in [-0.05, 0) is 119 Å². The van der Waals surface area contributed by atoms with Gasteiger partial charge >= 0.3 is 0 Å². The lowest BCUT2D eigenvalue weighted by atomic mass is 9.93. The fourth-order valence-corrected chi connectivity index (χ4v) is 17.0. The van der Waals surface area contributed by atoms with Gasteiger partial charge in [0.15, 0.2) is 5.78 Å². The highest BCUT2D eigenvalue weighted by Crippen LogP contribution is 2.29. The van der Waals surface area contributed by atoms with Crippen molar-refractivity contribution in [3.63, 3.8) is 0 Å². The Morgan fingerprint density at radius 3 is 1.69 bits per heavy atom. The number of para-hydroxylation sites is 2. The Morgan fingerprint density at radius 1 is 0.548 bits per heavy atom. The molecule has 5 aromatic rings. The summed E-state index contributed by atoms with van der Waals surface area (Å²) in [7, 11) is 3.97. The SMILES string of the molecule is CC(C)C[C@@H]1NC(=O)[C@H](CN)NC(=O)[C@@H]2CCCN2C(=O)[C@H](CC(N)=O)CC(=O)[C@H](C)N(C)C(=O)[C@H](Cc2ccc(O)cc2)NC(=O)CSC[C@H](C(=O)NCC(N)=O)NC(=O)[C@@H](C)NC(=O)[C@H]2CCC/C=C\CCC[C@@H](C(=O)N2C)N(C)C(=O)[C@H](Cc2c[nH]c3ccccc23)NC(=O)[C@H](CO)NC(=O)[C@@H](Cc2c[nH]c3ccccc23)NC(=O)[C@@H]2C[C@@H](O)CN2C1=O. The van der Waals surface area contributed by atoms with Gasteiger partial charge in [0.1, 0.15) is 78.3 Å². The maximum atomic E-state index is 15.6. The molecule has 0 unspecified atom stereocenters. The van der Waals surface area contributed by atoms with Gasteiger partial charge in [0.25, 0.3) is 0 Å². The number of aromatic nitrogens is 2. The van der Waals surface area contributed by atoms with Gasteiger partial charge in [0.05, 0.1) is 37.0 Å². The Kier molecular flexibility index (Phi) is 35.2. The molecule has 0 saturated carbocycles. The Balaban J connectivity index is 1.06. The Bertz CT molecular complexity index is 4850. The normalized spacial score (nSPS) is 26.8. The first-order valence-corrected chi connectivity index (χ1v) is 43.4. The summed E-state index contributed by atoms with van der Waals surface area (Å²) >= 11 is 0.791. The van der Waals surface area contributed by atoms with Crippen LogP contribution in [0.5, 0.6) is 5.75 Å². The molecule has 2 bridgehead atoms. The number of ketones is 1. The number of aromatic hydroxyl groups is 1. The first-order valence-electron chi connectivity index (χ1n) is 42.3. The molecule has 4 aliphatic rings. The van der Waals surface area contributed by atoms with E-state index in [1.165, 1.54) is 59.3 Å². The van der Waals surface area contributed by atoms with Crippen molar-refractivity contribution in [2.75, 3.05) is 65.4 Å². The number of nitrogens with zero attached hydrogens (tertiary/aromatic N) is 5. The molecule has 3 saturated heterocycles. The number of thioether (sulfide) groups is 1. The molecule has 682 valence electrons. The molecule has 0 spiro atoms. The van der Waals surface area contributed by atoms with Gasteiger partial charge in [-0.15, -0.1) is 11.8 Å². The van der Waals surface area contributed by atoms with E-state index in [2.05, 4.69) is 57.8 Å². The van der Waals surface area contributed by atoms with E-state index in [-0.39, 0.29) is 81.8 Å². The number of primary amides is 2. The van der Waals surface area contributed by atoms with Crippen molar-refractivity contribution in [2.24, 2.45) is 29.0 Å². The number of nitrogens with two attached hydrogens (primary N) is 3. The molecule has 126 heavy (non-hydrogen) atoms. The Labute approximate surface area is 732 Å². The number of aliphatic hydroxyl groups excluding tert-OH is 2. The molecule has 2 aromatic heterocycles. The topological polar surface area (TPSA) is 585 Å². The highest BCUT2D eigenvalue weighted by Gasteiger charge is 2.47. The quantitative estimate of drug-likeness (QED) is 0.0480. The Hall–Kier alpha value is -12.3. The third kappa shape index (κ3) is 25.9. The van der Waals surface area contributed by atoms with Crippen molar-refractivity contribution in [3.8, 4) is 5.75 Å². The fourth-order valence-electron chi connectivity index (χ4n) is 16.1. The van der Waals surface area contributed by atoms with Crippen molar-refractivity contribution in [2.45, 2.75) is 209 Å². The van der Waals surface area contributed by atoms with Gasteiger partial charge in [-0.25, -0.2) is 0 Å². The summed E-state index contributed by atoms with van der Waals surface area (Å²) in [6.07, 6.45) is 4.93. The number of benzene rings is 3. The zero-order valence-corrected chi connectivity index (χ0v) is 72.5. The predicted molar refractivity (Wildman–Crippen MR) is 462 cm³/mol. The summed E-state index contributed by atoms with van der Waals surface area (Å²) in [4.78, 5) is 258. The average Bonchev–Trinajstić information content (AvgIpc) is 1.28. The molecule has 3 aromatic carbocycles. The number of phenols is 1. The number of hydrogen-bond acceptors (Lipinski definition) is 22. The number of nitrogens with one attached hydrogen (secondary N) is 11. The highest BCUT2D eigenvalue weighted by molar-refractivity contribution is 8.00. The zero-order valence-electron chi connectivity index (χ0n) is 71.7. The van der Waals surface area contributed by atoms with Gasteiger partial charge in [-0.1, -0.05) is 74.5 Å². The van der Waals surface area contributed by atoms with Gasteiger partial charge in [0.2, 0.25) is 94.5 Å². The maximum Gasteiger partial charge on any atom is 0.245 e. The molecule has 39 nitrogen and oxygen atoms in total. The van der Waals surface area contributed by atoms with Crippen molar-refractivity contribution >= 4 is 134 Å². The van der Waals surface area contributed by atoms with E-state index >= 15 is 28.8 Å². The van der Waals surface area contributed by atoms with Gasteiger partial charge in [-0.3, -0.25) is 81.5 Å². The van der Waals surface area contributed by atoms with Crippen molar-refractivity contribution in [1.82, 2.24) is 82.3 Å². The van der Waals surface area contributed by atoms with E-state index in [9.17, 15) is 68.1 Å². The van der Waals surface area contributed by atoms with Crippen molar-refractivity contribution in [1.29, 1.82) is 0 Å². The summed E-state index contributed by atoms with van der Waals surface area (Å²) in [6, 6.07) is 0.257. The van der Waals surface area contributed by atoms with E-state index in [0.29, 0.717) is 64.2 Å². The smallest absolute Gasteiger partial charge is 0.245 e. The largest absolute Gasteiger partial charge is 0.508 e. The molecule has 15 atom stereocenters. The van der Waals surface area contributed by atoms with Crippen LogP contribution in [0.3, 0.4) is 0 Å². The van der Waals surface area contributed by atoms with Gasteiger partial charge in [0, 0.05) is 119 Å². The van der Waals surface area contributed by atoms with Crippen LogP contribution < -0.4 is 65.1 Å². The van der Waals surface area contributed by atoms with E-state index < -0.39 is 236 Å². The second-order valence-corrected chi connectivity index (χ2v) is 34.0. The number of hydrogen-bond donors (Lipinski definition) is 17. The second kappa shape index (κ2) is 45.5. The zero-order chi connectivity index (χ0) is 91.9. The van der Waals surface area contributed by atoms with Crippen LogP contribution in [-0.2, 0) is 101 Å². The number of H-pyrrole nitrogens is 2. The molecule has 40 heteroatoms. The lowest BCUT2D eigenvalue weighted by Crippen LogP contribution is -2.62. The third-order valence-corrected chi connectivity index (χ3v) is 24.3. The van der Waals surface area contributed by atoms with Crippen LogP contribution in [-0.4, -0.2) is 300 Å². The number of likely N-dealkylation sites (N-methyl/N-ethyl adjacent to an activating group) is 3. The molecule has 9 rings (SSSR count). The summed E-state index contributed by atoms with van der Waals surface area (Å²) in [5.74, 6) is -18.2. The number of rotatable bonds is 15. The Morgan fingerprint density at radius 2 is 1.08 bits per heavy atom. The lowest BCUT2D eigenvalue weighted by Gasteiger charge is -2.36. The molecule has 0 aliphatic carbocycles. The predicted octanol–water partition coefficient (Wildman–Crippen LogP) is -2.56. The minimum Gasteiger partial charge on any atom is -0.508 e. The van der Waals surface area contributed by atoms with E-state index in [1.807, 2.05) is 12.2 Å². The minimum absolute atomic E-state index is 0.00895. The second-order valence-electron chi connectivity index (χ2n) is 33.0. The first kappa shape index (κ1) is 97.5. The van der Waals surface area contributed by atoms with Crippen LogP contribution in [0, 0.1) is 11.8 Å². The molecule has 4 aliphatic heterocycles. The monoisotopic (exact) mass is 1770 g/mol. The van der Waals surface area contributed by atoms with Gasteiger partial charge < -0.3 is 115 Å². The summed E-state index contributed by atoms with van der Waals surface area (Å²) in [5, 5.41) is 57.4. The van der Waals surface area contributed by atoms with Crippen LogP contribution in [0.25, 0.3) is 21.8 Å². The number of Topliss-reactive ketones (excluding diaryl/α,β-unsaturated/α-hetero) is 1. The average molecular weight is 1770 g/mol. The number of carbonyl (C=O) groups is 17. The third-order valence-electron chi connectivity index (χ3n) is 23.2. The van der Waals surface area contributed by atoms with E-state index in [0.717, 1.165) is 36.3 Å². The maximum absolute atomic E-state index is 15.6. The summed E-state index contributed by atoms with van der Waals surface area (Å²) in [5.41, 5.74) is 20.0. The molecule has 0 radical (unpaired) electrons. The van der Waals surface area contributed by atoms with Crippen molar-refractivity contribution in [3.05, 3.63) is 114 Å². The molecule has 6 heterocycles. The van der Waals surface area contributed by atoms with Crippen LogP contribution in [0.4, 0.5) is 0 Å². The van der Waals surface area contributed by atoms with Crippen molar-refractivity contribution < 1.29 is 96.8 Å². The molecular formula is C86H117N19O20S. The number of aromatic amines is 2. The summed E-state index contributed by atoms with van der Waals surface area (Å²) in [6.45, 7) is 3.25. The molecule has 16 amide bonds. The van der Waals surface area contributed by atoms with Crippen LogP contribution in [0.15, 0.2) is 97.3 Å². The standard InChI is InChI=1S/C86H117N19O20S/c1-46(2)31-60-85(124)105-42-54(108)37-69(105)81(120)95-59(33-51-39-90-57-21-16-14-19-55(51)57)76(115)99-64(43-106)78(117)97-62(34-52-40-91-58-22-17-15-20-56(52)58)84(123)103(7)68-24-13-11-9-8-10-12-23-66(102(6)86(68)125)79(118)93-47(3)74(113)100-65(75(114)92-41-72(89)111)44-126-45-73(112)94-61(32-49-26-28-53(107)29-27-49)83(122)101(5)48(4)70(109)35-50(36-71(88)110)82(121)104-30-18-25-67(104)80(119)98-63(38-87)77(116)96-60/h8-9,14-17,19-22,26-29,39-40,46-48,50,54,59-69,90-91,106-108H,10-13,18,23-25,30-38,41-45,87H2,1-7H3,(H2,88,110)(H2,89,111)(H,92,114)(H,93,118)(H,94,112)(H,95,120)(H,96,116)(H,97,117)(H,98,119)(H,99,115)(H,100,113)/b9-8-/t47-,48+,50+,54-,59-,60+,61+,62+,63+,64+,65-,66-,67+,68+,69+/m1/s1. The number of carbonyl (C=O) groups excluding carboxylic acids is 17. The molecule has 3 fully saturated rings. The van der Waals surface area contributed by atoms with Crippen LogP contribution in [0.2, 0.25) is 0 Å². The molecule has 20 N–H and O–H groups in total. The van der Waals surface area contributed by atoms with Crippen LogP contribution in [0.1, 0.15) is 121 Å². The summed E-state index contributed by atoms with van der Waals surface area (Å²) < 4.78 is 0. The number of phenolic OH excluding ortho intramolecular Hbond substituents is 1. The number of aliphatic hydroxyl groups is 2. The number of allylic oxidation sites excluding steroid dienone is 2. The number of fused-ring (bicyclic) bond motifs is 7. The lowest BCUT2D eigenvalue weighted by molar-refractivity contribution is -0.149. The van der Waals surface area contributed by atoms with E-state index in [1.54, 1.807) is 74.8 Å². The van der Waals surface area contributed by atoms with Crippen LogP contribution >= 0.6 is 11.8 Å². The minimum atomic E-state index is -1.87. The fraction of sp³-hybridized carbons (Fsp3) is 0.523. The van der Waals surface area contributed by atoms with Gasteiger partial charge in [-0.2, -0.15) is 0 Å². The molecular weight excluding hydrogens is 1650 g/mol. The highest BCUT2D eigenvalue weighted by atomic mass is 32.2. The van der Waals surface area contributed by atoms with E-state index in [4.69, 9.17) is 17.2 Å².